The summed E-state index contributed by atoms with van der Waals surface area (Å²) in [6.45, 7) is 0. The zero-order chi connectivity index (χ0) is 13.4. The molecular formula is C9H8BrCl2IO3S. The number of hydrogen-bond donors (Lipinski definition) is 1. The van der Waals surface area contributed by atoms with Crippen molar-refractivity contribution in [2.24, 2.45) is 0 Å². The Balaban J connectivity index is 3.26. The second-order valence-corrected chi connectivity index (χ2v) is 12.1. The first-order chi connectivity index (χ1) is 7.57. The van der Waals surface area contributed by atoms with E-state index in [0.717, 1.165) is 6.26 Å². The van der Waals surface area contributed by atoms with Crippen LogP contribution < -0.4 is 0 Å². The van der Waals surface area contributed by atoms with Crippen LogP contribution in [0.5, 0.6) is 0 Å². The standard InChI is InChI=1S/C9H8BrCl2IO3S/c1-17(15,16)9(10,13)8(14)6-3-2-5(11)4-7(6)12/h2-4,8,14H,1H3/t8-,9-/m0/s1. The molecule has 1 rings (SSSR count). The van der Waals surface area contributed by atoms with E-state index in [4.69, 9.17) is 23.2 Å². The minimum absolute atomic E-state index is 0.217. The van der Waals surface area contributed by atoms with Gasteiger partial charge in [0.05, 0.1) is 0 Å². The van der Waals surface area contributed by atoms with Crippen LogP contribution in [-0.4, -0.2) is 21.4 Å². The van der Waals surface area contributed by atoms with Gasteiger partial charge in [-0.1, -0.05) is 45.2 Å². The van der Waals surface area contributed by atoms with Crippen molar-refractivity contribution >= 4 is 71.6 Å². The van der Waals surface area contributed by atoms with Crippen molar-refractivity contribution in [1.82, 2.24) is 0 Å². The van der Waals surface area contributed by atoms with Crippen molar-refractivity contribution in [1.29, 1.82) is 0 Å². The summed E-state index contributed by atoms with van der Waals surface area (Å²) in [5.41, 5.74) is 0.299. The average Bonchev–Trinajstić information content (AvgIpc) is 2.14. The summed E-state index contributed by atoms with van der Waals surface area (Å²) in [7, 11) is -3.51. The summed E-state index contributed by atoms with van der Waals surface area (Å²) in [5, 5.41) is 10.7. The van der Waals surface area contributed by atoms with E-state index in [9.17, 15) is 13.5 Å². The lowest BCUT2D eigenvalue weighted by Gasteiger charge is -2.25. The van der Waals surface area contributed by atoms with Gasteiger partial charge in [-0.15, -0.1) is 0 Å². The lowest BCUT2D eigenvalue weighted by molar-refractivity contribution is 0.191. The summed E-state index contributed by atoms with van der Waals surface area (Å²) in [4.78, 5) is 0. The van der Waals surface area contributed by atoms with Crippen molar-refractivity contribution < 1.29 is 13.5 Å². The second-order valence-electron chi connectivity index (χ2n) is 3.40. The first-order valence-corrected chi connectivity index (χ1v) is 8.79. The highest BCUT2D eigenvalue weighted by Gasteiger charge is 2.44. The minimum atomic E-state index is -3.51. The molecule has 0 bridgehead atoms. The van der Waals surface area contributed by atoms with Gasteiger partial charge in [-0.2, -0.15) is 0 Å². The number of alkyl halides is 2. The van der Waals surface area contributed by atoms with E-state index in [1.807, 2.05) is 0 Å². The van der Waals surface area contributed by atoms with Gasteiger partial charge in [-0.3, -0.25) is 0 Å². The van der Waals surface area contributed by atoms with Gasteiger partial charge in [0.25, 0.3) is 0 Å². The molecule has 0 saturated carbocycles. The SMILES string of the molecule is CS(=O)(=O)[C@@](Br)(I)[C@@H](O)c1ccc(Cl)cc1Cl. The highest BCUT2D eigenvalue weighted by Crippen LogP contribution is 2.46. The lowest BCUT2D eigenvalue weighted by atomic mass is 10.1. The molecule has 17 heavy (non-hydrogen) atoms. The van der Waals surface area contributed by atoms with E-state index < -0.39 is 17.6 Å². The Labute approximate surface area is 132 Å². The molecule has 0 aliphatic rings. The van der Waals surface area contributed by atoms with Gasteiger partial charge in [0, 0.05) is 21.9 Å². The van der Waals surface area contributed by atoms with Gasteiger partial charge in [-0.05, 0) is 34.7 Å². The Hall–Kier alpha value is 0.920. The van der Waals surface area contributed by atoms with Crippen molar-refractivity contribution in [2.45, 2.75) is 7.77 Å². The number of sulfone groups is 1. The molecule has 0 aliphatic heterocycles. The second kappa shape index (κ2) is 5.50. The van der Waals surface area contributed by atoms with Crippen LogP contribution in [0.25, 0.3) is 0 Å². The van der Waals surface area contributed by atoms with Crippen LogP contribution in [0.15, 0.2) is 18.2 Å². The van der Waals surface area contributed by atoms with E-state index in [0.29, 0.717) is 10.6 Å². The molecule has 3 nitrogen and oxygen atoms in total. The van der Waals surface area contributed by atoms with Gasteiger partial charge in [0.2, 0.25) is 1.66 Å². The Morgan fingerprint density at radius 2 is 2.00 bits per heavy atom. The molecule has 0 aliphatic carbocycles. The molecule has 1 N–H and O–H groups in total. The molecule has 0 heterocycles. The average molecular weight is 474 g/mol. The van der Waals surface area contributed by atoms with E-state index in [-0.39, 0.29) is 5.02 Å². The number of aliphatic hydroxyl groups is 1. The molecule has 0 aromatic heterocycles. The molecule has 2 atom stereocenters. The van der Waals surface area contributed by atoms with Gasteiger partial charge < -0.3 is 5.11 Å². The minimum Gasteiger partial charge on any atom is -0.385 e. The molecule has 0 radical (unpaired) electrons. The van der Waals surface area contributed by atoms with Gasteiger partial charge >= 0.3 is 0 Å². The van der Waals surface area contributed by atoms with Crippen LogP contribution >= 0.6 is 61.7 Å². The maximum absolute atomic E-state index is 11.6. The summed E-state index contributed by atoms with van der Waals surface area (Å²) < 4.78 is 21.6. The molecule has 1 aromatic rings. The summed E-state index contributed by atoms with van der Waals surface area (Å²) >= 11 is 16.3. The fraction of sp³-hybridized carbons (Fsp3) is 0.333. The fourth-order valence-corrected chi connectivity index (χ4v) is 2.73. The molecule has 0 amide bonds. The van der Waals surface area contributed by atoms with E-state index in [1.165, 1.54) is 18.2 Å². The third-order valence-electron chi connectivity index (χ3n) is 2.07. The molecule has 0 unspecified atom stereocenters. The quantitative estimate of drug-likeness (QED) is 0.539. The third-order valence-corrected chi connectivity index (χ3v) is 9.03. The zero-order valence-electron chi connectivity index (χ0n) is 8.49. The summed E-state index contributed by atoms with van der Waals surface area (Å²) in [6, 6.07) is 4.48. The van der Waals surface area contributed by atoms with E-state index in [2.05, 4.69) is 15.9 Å². The topological polar surface area (TPSA) is 54.4 Å². The third kappa shape index (κ3) is 3.48. The molecule has 0 saturated heterocycles. The molecule has 1 aromatic carbocycles. The van der Waals surface area contributed by atoms with Crippen molar-refractivity contribution in [3.05, 3.63) is 33.8 Å². The predicted octanol–water partition coefficient (Wildman–Crippen LogP) is 3.56. The predicted molar refractivity (Wildman–Crippen MR) is 81.9 cm³/mol. The van der Waals surface area contributed by atoms with Crippen LogP contribution in [0.1, 0.15) is 11.7 Å². The van der Waals surface area contributed by atoms with E-state index in [1.54, 1.807) is 22.6 Å². The largest absolute Gasteiger partial charge is 0.385 e. The maximum Gasteiger partial charge on any atom is 0.206 e. The number of hydrogen-bond acceptors (Lipinski definition) is 3. The molecule has 8 heteroatoms. The highest BCUT2D eigenvalue weighted by atomic mass is 127. The molecule has 0 fully saturated rings. The van der Waals surface area contributed by atoms with Gasteiger partial charge in [0.15, 0.2) is 9.84 Å². The monoisotopic (exact) mass is 472 g/mol. The van der Waals surface area contributed by atoms with Gasteiger partial charge in [-0.25, -0.2) is 8.42 Å². The Kier molecular flexibility index (Phi) is 5.17. The van der Waals surface area contributed by atoms with Gasteiger partial charge in [0.1, 0.15) is 6.10 Å². The molecule has 96 valence electrons. The van der Waals surface area contributed by atoms with Crippen LogP contribution in [0.4, 0.5) is 0 Å². The number of rotatable bonds is 3. The van der Waals surface area contributed by atoms with E-state index >= 15 is 0 Å². The first-order valence-electron chi connectivity index (χ1n) is 4.28. The summed E-state index contributed by atoms with van der Waals surface area (Å²) in [6.07, 6.45) is -0.274. The summed E-state index contributed by atoms with van der Waals surface area (Å²) in [5.74, 6) is 0. The zero-order valence-corrected chi connectivity index (χ0v) is 14.6. The van der Waals surface area contributed by atoms with Crippen molar-refractivity contribution in [2.75, 3.05) is 6.26 Å². The van der Waals surface area contributed by atoms with Crippen LogP contribution in [0.2, 0.25) is 10.0 Å². The number of benzene rings is 1. The smallest absolute Gasteiger partial charge is 0.206 e. The van der Waals surface area contributed by atoms with Crippen LogP contribution in [-0.2, 0) is 9.84 Å². The molecule has 0 spiro atoms. The normalized spacial score (nSPS) is 17.5. The number of aliphatic hydroxyl groups excluding tert-OH is 1. The Morgan fingerprint density at radius 3 is 2.41 bits per heavy atom. The van der Waals surface area contributed by atoms with Crippen molar-refractivity contribution in [3.8, 4) is 0 Å². The Morgan fingerprint density at radius 1 is 1.47 bits per heavy atom. The number of halogens is 4. The lowest BCUT2D eigenvalue weighted by Crippen LogP contribution is -2.31. The maximum atomic E-state index is 11.6. The molecular weight excluding hydrogens is 466 g/mol. The first kappa shape index (κ1) is 16.0. The fourth-order valence-electron chi connectivity index (χ4n) is 1.11. The highest BCUT2D eigenvalue weighted by molar-refractivity contribution is 14.1. The van der Waals surface area contributed by atoms with Crippen LogP contribution in [0.3, 0.4) is 0 Å². The Bertz CT molecular complexity index is 533. The van der Waals surface area contributed by atoms with Crippen molar-refractivity contribution in [3.63, 3.8) is 0 Å². The van der Waals surface area contributed by atoms with Crippen LogP contribution in [0, 0.1) is 0 Å².